The van der Waals surface area contributed by atoms with Crippen LogP contribution in [0.25, 0.3) is 0 Å². The first kappa shape index (κ1) is 14.3. The molecule has 0 unspecified atom stereocenters. The SMILES string of the molecule is C=CCN1C(=O)N[C@H](c2ccsc2)C(C(=O)OC)=C1C. The van der Waals surface area contributed by atoms with Crippen LogP contribution in [0.15, 0.2) is 40.8 Å². The molecular formula is C14H16N2O3S. The average Bonchev–Trinajstić information content (AvgIpc) is 2.96. The van der Waals surface area contributed by atoms with E-state index in [2.05, 4.69) is 11.9 Å². The molecule has 0 spiro atoms. The van der Waals surface area contributed by atoms with Crippen LogP contribution in [-0.2, 0) is 9.53 Å². The van der Waals surface area contributed by atoms with E-state index in [1.807, 2.05) is 16.8 Å². The minimum absolute atomic E-state index is 0.244. The normalized spacial score (nSPS) is 18.8. The van der Waals surface area contributed by atoms with Gasteiger partial charge in [0.2, 0.25) is 0 Å². The smallest absolute Gasteiger partial charge is 0.337 e. The number of carbonyl (C=O) groups is 2. The van der Waals surface area contributed by atoms with Gasteiger partial charge in [-0.2, -0.15) is 11.3 Å². The van der Waals surface area contributed by atoms with Crippen molar-refractivity contribution in [2.45, 2.75) is 13.0 Å². The zero-order valence-electron chi connectivity index (χ0n) is 11.4. The molecule has 1 aromatic rings. The fourth-order valence-electron chi connectivity index (χ4n) is 2.19. The van der Waals surface area contributed by atoms with Gasteiger partial charge in [0.05, 0.1) is 18.7 Å². The second-order valence-corrected chi connectivity index (χ2v) is 5.11. The topological polar surface area (TPSA) is 58.6 Å². The van der Waals surface area contributed by atoms with E-state index in [1.54, 1.807) is 13.0 Å². The van der Waals surface area contributed by atoms with Crippen LogP contribution in [-0.4, -0.2) is 30.6 Å². The number of carbonyl (C=O) groups excluding carboxylic acids is 2. The van der Waals surface area contributed by atoms with Crippen LogP contribution in [0.4, 0.5) is 4.79 Å². The van der Waals surface area contributed by atoms with E-state index in [-0.39, 0.29) is 6.03 Å². The van der Waals surface area contributed by atoms with Crippen molar-refractivity contribution in [3.63, 3.8) is 0 Å². The number of allylic oxidation sites excluding steroid dienone is 1. The first-order chi connectivity index (χ1) is 9.60. The maximum atomic E-state index is 12.1. The van der Waals surface area contributed by atoms with E-state index in [0.717, 1.165) is 5.56 Å². The molecule has 0 saturated heterocycles. The van der Waals surface area contributed by atoms with Gasteiger partial charge in [0.15, 0.2) is 0 Å². The Labute approximate surface area is 121 Å². The monoisotopic (exact) mass is 292 g/mol. The van der Waals surface area contributed by atoms with Gasteiger partial charge in [-0.25, -0.2) is 9.59 Å². The van der Waals surface area contributed by atoms with Crippen LogP contribution < -0.4 is 5.32 Å². The van der Waals surface area contributed by atoms with Crippen LogP contribution in [0.1, 0.15) is 18.5 Å². The number of nitrogens with zero attached hydrogens (tertiary/aromatic N) is 1. The Morgan fingerprint density at radius 1 is 1.65 bits per heavy atom. The third-order valence-corrected chi connectivity index (χ3v) is 3.89. The Balaban J connectivity index is 2.50. The van der Waals surface area contributed by atoms with Gasteiger partial charge in [0, 0.05) is 12.2 Å². The highest BCUT2D eigenvalue weighted by Crippen LogP contribution is 2.32. The van der Waals surface area contributed by atoms with E-state index in [4.69, 9.17) is 4.74 Å². The molecule has 0 bridgehead atoms. The molecule has 1 aliphatic heterocycles. The zero-order valence-corrected chi connectivity index (χ0v) is 12.2. The number of rotatable bonds is 4. The molecular weight excluding hydrogens is 276 g/mol. The molecule has 2 heterocycles. The van der Waals surface area contributed by atoms with Crippen molar-refractivity contribution < 1.29 is 14.3 Å². The first-order valence-electron chi connectivity index (χ1n) is 6.10. The zero-order chi connectivity index (χ0) is 14.7. The third kappa shape index (κ3) is 2.46. The standard InChI is InChI=1S/C14H16N2O3S/c1-4-6-16-9(2)11(13(17)19-3)12(15-14(16)18)10-5-7-20-8-10/h4-5,7-8,12H,1,6H2,2-3H3,(H,15,18)/t12-/m1/s1. The highest BCUT2D eigenvalue weighted by molar-refractivity contribution is 7.08. The molecule has 6 heteroatoms. The van der Waals surface area contributed by atoms with Gasteiger partial charge in [0.1, 0.15) is 0 Å². The molecule has 1 aromatic heterocycles. The fraction of sp³-hybridized carbons (Fsp3) is 0.286. The fourth-order valence-corrected chi connectivity index (χ4v) is 2.88. The van der Waals surface area contributed by atoms with E-state index in [0.29, 0.717) is 17.8 Å². The van der Waals surface area contributed by atoms with Crippen molar-refractivity contribution in [2.24, 2.45) is 0 Å². The molecule has 0 aromatic carbocycles. The Kier molecular flexibility index (Phi) is 4.24. The number of amides is 2. The maximum Gasteiger partial charge on any atom is 0.337 e. The second-order valence-electron chi connectivity index (χ2n) is 4.33. The Morgan fingerprint density at radius 2 is 2.40 bits per heavy atom. The maximum absolute atomic E-state index is 12.1. The van der Waals surface area contributed by atoms with Crippen LogP contribution in [0.3, 0.4) is 0 Å². The molecule has 5 nitrogen and oxygen atoms in total. The first-order valence-corrected chi connectivity index (χ1v) is 7.04. The second kappa shape index (κ2) is 5.92. The summed E-state index contributed by atoms with van der Waals surface area (Å²) in [5, 5.41) is 6.65. The number of hydrogen-bond donors (Lipinski definition) is 1. The van der Waals surface area contributed by atoms with Gasteiger partial charge < -0.3 is 10.1 Å². The number of urea groups is 1. The van der Waals surface area contributed by atoms with Gasteiger partial charge in [-0.1, -0.05) is 6.08 Å². The molecule has 0 saturated carbocycles. The Morgan fingerprint density at radius 3 is 2.95 bits per heavy atom. The highest BCUT2D eigenvalue weighted by atomic mass is 32.1. The van der Waals surface area contributed by atoms with Crippen molar-refractivity contribution in [2.75, 3.05) is 13.7 Å². The van der Waals surface area contributed by atoms with Crippen molar-refractivity contribution >= 4 is 23.3 Å². The van der Waals surface area contributed by atoms with Gasteiger partial charge >= 0.3 is 12.0 Å². The predicted molar refractivity (Wildman–Crippen MR) is 77.2 cm³/mol. The summed E-state index contributed by atoms with van der Waals surface area (Å²) in [6, 6.07) is 1.17. The number of hydrogen-bond acceptors (Lipinski definition) is 4. The summed E-state index contributed by atoms with van der Waals surface area (Å²) in [4.78, 5) is 25.7. The molecule has 20 heavy (non-hydrogen) atoms. The van der Waals surface area contributed by atoms with Gasteiger partial charge in [-0.3, -0.25) is 4.90 Å². The minimum atomic E-state index is -0.470. The Hall–Kier alpha value is -2.08. The van der Waals surface area contributed by atoms with Gasteiger partial charge in [0.25, 0.3) is 0 Å². The van der Waals surface area contributed by atoms with Crippen LogP contribution in [0.5, 0.6) is 0 Å². The van der Waals surface area contributed by atoms with E-state index < -0.39 is 12.0 Å². The third-order valence-electron chi connectivity index (χ3n) is 3.19. The summed E-state index contributed by atoms with van der Waals surface area (Å²) in [5.41, 5.74) is 1.92. The molecule has 1 atom stereocenters. The lowest BCUT2D eigenvalue weighted by Gasteiger charge is -2.34. The van der Waals surface area contributed by atoms with E-state index in [1.165, 1.54) is 23.3 Å². The molecule has 106 valence electrons. The summed E-state index contributed by atoms with van der Waals surface area (Å²) >= 11 is 1.51. The summed E-state index contributed by atoms with van der Waals surface area (Å²) in [7, 11) is 1.33. The molecule has 2 rings (SSSR count). The van der Waals surface area contributed by atoms with Crippen molar-refractivity contribution in [3.05, 3.63) is 46.3 Å². The minimum Gasteiger partial charge on any atom is -0.466 e. The van der Waals surface area contributed by atoms with Gasteiger partial charge in [-0.05, 0) is 29.3 Å². The summed E-state index contributed by atoms with van der Waals surface area (Å²) in [6.45, 7) is 5.71. The molecule has 0 fully saturated rings. The molecule has 0 aliphatic carbocycles. The van der Waals surface area contributed by atoms with Crippen molar-refractivity contribution in [3.8, 4) is 0 Å². The number of esters is 1. The van der Waals surface area contributed by atoms with Crippen LogP contribution in [0, 0.1) is 0 Å². The average molecular weight is 292 g/mol. The van der Waals surface area contributed by atoms with Crippen molar-refractivity contribution in [1.82, 2.24) is 10.2 Å². The van der Waals surface area contributed by atoms with Gasteiger partial charge in [-0.15, -0.1) is 6.58 Å². The number of thiophene rings is 1. The lowest BCUT2D eigenvalue weighted by molar-refractivity contribution is -0.136. The predicted octanol–water partition coefficient (Wildman–Crippen LogP) is 2.45. The lowest BCUT2D eigenvalue weighted by Crippen LogP contribution is -2.47. The largest absolute Gasteiger partial charge is 0.466 e. The number of nitrogens with one attached hydrogen (secondary N) is 1. The molecule has 1 aliphatic rings. The molecule has 1 N–H and O–H groups in total. The van der Waals surface area contributed by atoms with Crippen LogP contribution in [0.2, 0.25) is 0 Å². The summed E-state index contributed by atoms with van der Waals surface area (Å²) in [6.07, 6.45) is 1.61. The molecule has 0 radical (unpaired) electrons. The summed E-state index contributed by atoms with van der Waals surface area (Å²) < 4.78 is 4.85. The number of ether oxygens (including phenoxy) is 1. The van der Waals surface area contributed by atoms with Crippen molar-refractivity contribution in [1.29, 1.82) is 0 Å². The Bertz CT molecular complexity index is 563. The quantitative estimate of drug-likeness (QED) is 0.685. The van der Waals surface area contributed by atoms with Crippen LogP contribution >= 0.6 is 11.3 Å². The van der Waals surface area contributed by atoms with E-state index in [9.17, 15) is 9.59 Å². The van der Waals surface area contributed by atoms with E-state index >= 15 is 0 Å². The summed E-state index contributed by atoms with van der Waals surface area (Å²) in [5.74, 6) is -0.437. The number of methoxy groups -OCH3 is 1. The highest BCUT2D eigenvalue weighted by Gasteiger charge is 2.35. The lowest BCUT2D eigenvalue weighted by atomic mass is 9.97. The molecule has 2 amide bonds.